The second kappa shape index (κ2) is 1.45. The van der Waals surface area contributed by atoms with Gasteiger partial charge in [0.15, 0.2) is 0 Å². The van der Waals surface area contributed by atoms with Crippen LogP contribution in [-0.2, 0) is 9.53 Å². The van der Waals surface area contributed by atoms with Crippen LogP contribution in [0.2, 0.25) is 0 Å². The van der Waals surface area contributed by atoms with Crippen LogP contribution < -0.4 is 0 Å². The van der Waals surface area contributed by atoms with Gasteiger partial charge in [-0.15, -0.1) is 0 Å². The average Bonchev–Trinajstić information content (AvgIpc) is 2.40. The second-order valence-electron chi connectivity index (χ2n) is 3.75. The summed E-state index contributed by atoms with van der Waals surface area (Å²) in [6, 6.07) is 0. The molecule has 1 heterocycles. The maximum Gasteiger partial charge on any atom is 0.133 e. The molecule has 0 aromatic heterocycles. The van der Waals surface area contributed by atoms with E-state index in [-0.39, 0.29) is 0 Å². The monoisotopic (exact) mass is 138 g/mol. The smallest absolute Gasteiger partial charge is 0.133 e. The van der Waals surface area contributed by atoms with Crippen LogP contribution in [-0.4, -0.2) is 18.0 Å². The third-order valence-electron chi connectivity index (χ3n) is 3.14. The highest BCUT2D eigenvalue weighted by Crippen LogP contribution is 2.52. The van der Waals surface area contributed by atoms with Crippen LogP contribution in [0.5, 0.6) is 0 Å². The van der Waals surface area contributed by atoms with Crippen molar-refractivity contribution in [1.29, 1.82) is 0 Å². The molecule has 0 unspecified atom stereocenters. The van der Waals surface area contributed by atoms with Gasteiger partial charge in [0, 0.05) is 12.8 Å². The minimum Gasteiger partial charge on any atom is -0.369 e. The molecule has 0 radical (unpaired) electrons. The van der Waals surface area contributed by atoms with Crippen molar-refractivity contribution < 1.29 is 9.53 Å². The standard InChI is InChI=1S/C8H10O2/c9-5-1-4-2-7-8(10-7)6(4)3-5/h4,6-8H,1-3H2/t4-,6-,7-,8+/m0/s1. The minimum absolute atomic E-state index is 0.462. The summed E-state index contributed by atoms with van der Waals surface area (Å²) in [5.41, 5.74) is 0. The molecule has 0 N–H and O–H groups in total. The molecule has 0 aromatic rings. The predicted octanol–water partition coefficient (Wildman–Crippen LogP) is 0.753. The van der Waals surface area contributed by atoms with E-state index in [0.29, 0.717) is 29.8 Å². The second-order valence-corrected chi connectivity index (χ2v) is 3.75. The lowest BCUT2D eigenvalue weighted by atomic mass is 10.00. The quantitative estimate of drug-likeness (QED) is 0.462. The van der Waals surface area contributed by atoms with Crippen molar-refractivity contribution >= 4 is 5.78 Å². The maximum atomic E-state index is 11.0. The Bertz CT molecular complexity index is 199. The third-order valence-corrected chi connectivity index (χ3v) is 3.14. The molecule has 2 saturated carbocycles. The molecule has 10 heavy (non-hydrogen) atoms. The van der Waals surface area contributed by atoms with Gasteiger partial charge in [-0.05, 0) is 18.3 Å². The van der Waals surface area contributed by atoms with Crippen LogP contribution in [0.3, 0.4) is 0 Å². The van der Waals surface area contributed by atoms with Crippen LogP contribution in [0.1, 0.15) is 19.3 Å². The molecule has 2 nitrogen and oxygen atoms in total. The molecule has 2 aliphatic carbocycles. The molecule has 3 rings (SSSR count). The molecule has 0 aromatic carbocycles. The summed E-state index contributed by atoms with van der Waals surface area (Å²) in [5, 5.41) is 0. The van der Waals surface area contributed by atoms with Crippen LogP contribution >= 0.6 is 0 Å². The van der Waals surface area contributed by atoms with E-state index in [9.17, 15) is 4.79 Å². The van der Waals surface area contributed by atoms with Gasteiger partial charge < -0.3 is 4.74 Å². The molecule has 3 fully saturated rings. The van der Waals surface area contributed by atoms with Gasteiger partial charge in [0.25, 0.3) is 0 Å². The van der Waals surface area contributed by atoms with E-state index in [2.05, 4.69) is 0 Å². The molecule has 0 bridgehead atoms. The Kier molecular flexibility index (Phi) is 0.768. The number of epoxide rings is 1. The first-order chi connectivity index (χ1) is 4.84. The Morgan fingerprint density at radius 3 is 3.10 bits per heavy atom. The van der Waals surface area contributed by atoms with E-state index < -0.39 is 0 Å². The van der Waals surface area contributed by atoms with Crippen LogP contribution in [0.25, 0.3) is 0 Å². The van der Waals surface area contributed by atoms with Crippen molar-refractivity contribution in [2.75, 3.05) is 0 Å². The van der Waals surface area contributed by atoms with Crippen LogP contribution in [0.15, 0.2) is 0 Å². The normalized spacial score (nSPS) is 56.6. The fraction of sp³-hybridized carbons (Fsp3) is 0.875. The van der Waals surface area contributed by atoms with Crippen molar-refractivity contribution in [2.45, 2.75) is 31.5 Å². The summed E-state index contributed by atoms with van der Waals surface area (Å²) in [5.74, 6) is 1.79. The number of hydrogen-bond acceptors (Lipinski definition) is 2. The molecule has 4 atom stereocenters. The van der Waals surface area contributed by atoms with Crippen molar-refractivity contribution in [2.24, 2.45) is 11.8 Å². The van der Waals surface area contributed by atoms with Gasteiger partial charge >= 0.3 is 0 Å². The Labute approximate surface area is 59.6 Å². The first-order valence-electron chi connectivity index (χ1n) is 4.02. The fourth-order valence-electron chi connectivity index (χ4n) is 2.62. The Hall–Kier alpha value is -0.370. The zero-order valence-corrected chi connectivity index (χ0v) is 5.75. The van der Waals surface area contributed by atoms with Gasteiger partial charge in [-0.2, -0.15) is 0 Å². The lowest BCUT2D eigenvalue weighted by Gasteiger charge is -2.08. The van der Waals surface area contributed by atoms with Gasteiger partial charge in [0.05, 0.1) is 12.2 Å². The first kappa shape index (κ1) is 5.30. The number of carbonyl (C=O) groups is 1. The lowest BCUT2D eigenvalue weighted by Crippen LogP contribution is -2.06. The zero-order chi connectivity index (χ0) is 6.72. The van der Waals surface area contributed by atoms with E-state index in [1.54, 1.807) is 0 Å². The fourth-order valence-corrected chi connectivity index (χ4v) is 2.62. The summed E-state index contributed by atoms with van der Waals surface area (Å²) in [7, 11) is 0. The van der Waals surface area contributed by atoms with Gasteiger partial charge in [-0.3, -0.25) is 4.79 Å². The van der Waals surface area contributed by atoms with Gasteiger partial charge in [-0.25, -0.2) is 0 Å². The molecule has 54 valence electrons. The van der Waals surface area contributed by atoms with E-state index in [1.807, 2.05) is 0 Å². The van der Waals surface area contributed by atoms with Crippen molar-refractivity contribution in [3.05, 3.63) is 0 Å². The van der Waals surface area contributed by atoms with Gasteiger partial charge in [0.1, 0.15) is 5.78 Å². The van der Waals surface area contributed by atoms with E-state index in [0.717, 1.165) is 12.8 Å². The SMILES string of the molecule is O=C1C[C@H]2C[C@@H]3O[C@@H]3[C@H]2C1. The maximum absolute atomic E-state index is 11.0. The highest BCUT2D eigenvalue weighted by Gasteiger charge is 2.58. The summed E-state index contributed by atoms with van der Waals surface area (Å²) in [6.07, 6.45) is 3.88. The molecular formula is C8H10O2. The van der Waals surface area contributed by atoms with Crippen molar-refractivity contribution in [3.8, 4) is 0 Å². The Balaban J connectivity index is 1.88. The van der Waals surface area contributed by atoms with Crippen LogP contribution in [0, 0.1) is 11.8 Å². The Morgan fingerprint density at radius 2 is 2.30 bits per heavy atom. The van der Waals surface area contributed by atoms with E-state index in [4.69, 9.17) is 4.74 Å². The minimum atomic E-state index is 0.462. The lowest BCUT2D eigenvalue weighted by molar-refractivity contribution is -0.117. The topological polar surface area (TPSA) is 29.6 Å². The number of rotatable bonds is 0. The van der Waals surface area contributed by atoms with Gasteiger partial charge in [0.2, 0.25) is 0 Å². The molecule has 2 heteroatoms. The van der Waals surface area contributed by atoms with Crippen LogP contribution in [0.4, 0.5) is 0 Å². The highest BCUT2D eigenvalue weighted by molar-refractivity contribution is 5.81. The number of Topliss-reactive ketones (excluding diaryl/α,β-unsaturated/α-hetero) is 1. The molecular weight excluding hydrogens is 128 g/mol. The average molecular weight is 138 g/mol. The zero-order valence-electron chi connectivity index (χ0n) is 5.75. The molecule has 0 amide bonds. The first-order valence-corrected chi connectivity index (χ1v) is 4.02. The van der Waals surface area contributed by atoms with Crippen molar-refractivity contribution in [1.82, 2.24) is 0 Å². The summed E-state index contributed by atoms with van der Waals surface area (Å²) >= 11 is 0. The molecule has 1 saturated heterocycles. The molecule has 3 aliphatic rings. The van der Waals surface area contributed by atoms with E-state index in [1.165, 1.54) is 6.42 Å². The largest absolute Gasteiger partial charge is 0.369 e. The third kappa shape index (κ3) is 0.511. The van der Waals surface area contributed by atoms with Crippen molar-refractivity contribution in [3.63, 3.8) is 0 Å². The summed E-state index contributed by atoms with van der Waals surface area (Å²) in [4.78, 5) is 11.0. The number of hydrogen-bond donors (Lipinski definition) is 0. The summed E-state index contributed by atoms with van der Waals surface area (Å²) < 4.78 is 5.36. The number of fused-ring (bicyclic) bond motifs is 3. The Morgan fingerprint density at radius 1 is 1.40 bits per heavy atom. The van der Waals surface area contributed by atoms with E-state index >= 15 is 0 Å². The number of ether oxygens (including phenoxy) is 1. The molecule has 0 spiro atoms. The summed E-state index contributed by atoms with van der Waals surface area (Å²) in [6.45, 7) is 0. The van der Waals surface area contributed by atoms with Gasteiger partial charge in [-0.1, -0.05) is 0 Å². The highest BCUT2D eigenvalue weighted by atomic mass is 16.6. The number of carbonyl (C=O) groups excluding carboxylic acids is 1. The predicted molar refractivity (Wildman–Crippen MR) is 34.5 cm³/mol. The molecule has 1 aliphatic heterocycles. The number of ketones is 1.